The fourth-order valence-electron chi connectivity index (χ4n) is 5.03. The SMILES string of the molecule is CC(=O)N(CCN(C)C)c1ccc(N=C(c2ccccc2)c2c(O)[nH]c3cc(B4OC(C)(C)C(C)(C)O4)ccc23)cc1. The Bertz CT molecular complexity index is 1590. The normalized spacial score (nSPS) is 16.4. The highest BCUT2D eigenvalue weighted by Crippen LogP contribution is 2.37. The molecule has 9 heteroatoms. The first-order valence-corrected chi connectivity index (χ1v) is 14.2. The largest absolute Gasteiger partial charge is 0.494 e. The number of H-pyrrole nitrogens is 1. The minimum atomic E-state index is -0.513. The highest BCUT2D eigenvalue weighted by Gasteiger charge is 2.51. The van der Waals surface area contributed by atoms with E-state index in [1.807, 2.05) is 119 Å². The molecule has 8 nitrogen and oxygen atoms in total. The van der Waals surface area contributed by atoms with Gasteiger partial charge in [0, 0.05) is 42.2 Å². The maximum absolute atomic E-state index is 12.3. The number of nitrogens with one attached hydrogen (secondary N) is 1. The van der Waals surface area contributed by atoms with E-state index in [0.29, 0.717) is 23.5 Å². The van der Waals surface area contributed by atoms with E-state index < -0.39 is 18.3 Å². The van der Waals surface area contributed by atoms with Crippen LogP contribution in [0.5, 0.6) is 5.88 Å². The number of hydrogen-bond acceptors (Lipinski definition) is 6. The molecule has 42 heavy (non-hydrogen) atoms. The van der Waals surface area contributed by atoms with E-state index in [0.717, 1.165) is 34.2 Å². The summed E-state index contributed by atoms with van der Waals surface area (Å²) in [6.45, 7) is 11.0. The van der Waals surface area contributed by atoms with Gasteiger partial charge < -0.3 is 29.2 Å². The zero-order chi connectivity index (χ0) is 30.2. The summed E-state index contributed by atoms with van der Waals surface area (Å²) in [5.74, 6) is 0.0171. The fourth-order valence-corrected chi connectivity index (χ4v) is 5.03. The molecule has 0 radical (unpaired) electrons. The molecule has 1 fully saturated rings. The Hall–Kier alpha value is -3.92. The molecule has 3 aromatic carbocycles. The first kappa shape index (κ1) is 29.6. The van der Waals surface area contributed by atoms with Crippen LogP contribution in [0, 0.1) is 0 Å². The van der Waals surface area contributed by atoms with Crippen molar-refractivity contribution in [2.75, 3.05) is 32.1 Å². The molecule has 0 saturated carbocycles. The van der Waals surface area contributed by atoms with Crippen molar-refractivity contribution in [3.63, 3.8) is 0 Å². The van der Waals surface area contributed by atoms with Gasteiger partial charge in [0.2, 0.25) is 5.91 Å². The van der Waals surface area contributed by atoms with Crippen LogP contribution >= 0.6 is 0 Å². The van der Waals surface area contributed by atoms with Crippen LogP contribution in [0.4, 0.5) is 11.4 Å². The molecular formula is C33H39BN4O4. The summed E-state index contributed by atoms with van der Waals surface area (Å²) in [5, 5.41) is 12.0. The van der Waals surface area contributed by atoms with Gasteiger partial charge in [-0.1, -0.05) is 42.5 Å². The Morgan fingerprint density at radius 2 is 1.57 bits per heavy atom. The Kier molecular flexibility index (Phi) is 8.03. The quantitative estimate of drug-likeness (QED) is 0.225. The van der Waals surface area contributed by atoms with Gasteiger partial charge in [-0.3, -0.25) is 4.79 Å². The number of nitrogens with zero attached hydrogens (tertiary/aromatic N) is 3. The first-order valence-electron chi connectivity index (χ1n) is 14.2. The Labute approximate surface area is 248 Å². The molecule has 0 aliphatic carbocycles. The second-order valence-corrected chi connectivity index (χ2v) is 12.1. The lowest BCUT2D eigenvalue weighted by molar-refractivity contribution is -0.116. The highest BCUT2D eigenvalue weighted by atomic mass is 16.7. The van der Waals surface area contributed by atoms with Gasteiger partial charge in [-0.05, 0) is 77.6 Å². The summed E-state index contributed by atoms with van der Waals surface area (Å²) in [5.41, 5.74) is 4.34. The number of carbonyl (C=O) groups excluding carboxylic acids is 1. The highest BCUT2D eigenvalue weighted by molar-refractivity contribution is 6.62. The van der Waals surface area contributed by atoms with Gasteiger partial charge in [-0.15, -0.1) is 0 Å². The predicted octanol–water partition coefficient (Wildman–Crippen LogP) is 5.26. The molecule has 218 valence electrons. The second-order valence-electron chi connectivity index (χ2n) is 12.1. The lowest BCUT2D eigenvalue weighted by atomic mass is 9.78. The molecule has 0 spiro atoms. The molecule has 1 aliphatic heterocycles. The third-order valence-corrected chi connectivity index (χ3v) is 8.17. The van der Waals surface area contributed by atoms with Crippen molar-refractivity contribution in [3.8, 4) is 5.88 Å². The number of amides is 1. The number of aromatic hydroxyl groups is 1. The molecule has 1 amide bonds. The molecule has 0 unspecified atom stereocenters. The van der Waals surface area contributed by atoms with E-state index in [-0.39, 0.29) is 11.8 Å². The van der Waals surface area contributed by atoms with E-state index in [1.165, 1.54) is 0 Å². The Morgan fingerprint density at radius 1 is 0.929 bits per heavy atom. The van der Waals surface area contributed by atoms with Gasteiger partial charge in [0.25, 0.3) is 0 Å². The maximum atomic E-state index is 12.3. The van der Waals surface area contributed by atoms with Crippen LogP contribution in [0.1, 0.15) is 45.7 Å². The lowest BCUT2D eigenvalue weighted by Crippen LogP contribution is -2.41. The molecule has 2 heterocycles. The summed E-state index contributed by atoms with van der Waals surface area (Å²) in [4.78, 5) is 24.3. The molecule has 4 aromatic rings. The van der Waals surface area contributed by atoms with Gasteiger partial charge in [0.15, 0.2) is 5.88 Å². The number of carbonyl (C=O) groups is 1. The number of fused-ring (bicyclic) bond motifs is 1. The minimum absolute atomic E-state index is 0.0123. The van der Waals surface area contributed by atoms with Crippen LogP contribution < -0.4 is 10.4 Å². The van der Waals surface area contributed by atoms with Crippen molar-refractivity contribution in [1.29, 1.82) is 0 Å². The second kappa shape index (κ2) is 11.4. The van der Waals surface area contributed by atoms with Crippen LogP contribution in [0.15, 0.2) is 77.8 Å². The van der Waals surface area contributed by atoms with Gasteiger partial charge in [-0.2, -0.15) is 0 Å². The topological polar surface area (TPSA) is 90.4 Å². The molecule has 5 rings (SSSR count). The van der Waals surface area contributed by atoms with Crippen molar-refractivity contribution in [2.24, 2.45) is 4.99 Å². The van der Waals surface area contributed by atoms with Crippen molar-refractivity contribution >= 4 is 46.5 Å². The van der Waals surface area contributed by atoms with Crippen LogP contribution in [-0.2, 0) is 14.1 Å². The van der Waals surface area contributed by atoms with Crippen LogP contribution in [0.3, 0.4) is 0 Å². The number of benzene rings is 3. The number of aliphatic imine (C=N–C) groups is 1. The number of likely N-dealkylation sites (N-methyl/N-ethyl adjacent to an activating group) is 1. The van der Waals surface area contributed by atoms with Gasteiger partial charge in [0.05, 0.1) is 28.2 Å². The number of aromatic amines is 1. The van der Waals surface area contributed by atoms with Crippen molar-refractivity contribution < 1.29 is 19.2 Å². The van der Waals surface area contributed by atoms with Gasteiger partial charge >= 0.3 is 7.12 Å². The van der Waals surface area contributed by atoms with E-state index in [9.17, 15) is 9.90 Å². The minimum Gasteiger partial charge on any atom is -0.494 e. The molecule has 0 bridgehead atoms. The van der Waals surface area contributed by atoms with E-state index in [4.69, 9.17) is 14.3 Å². The average Bonchev–Trinajstić information content (AvgIpc) is 3.37. The summed E-state index contributed by atoms with van der Waals surface area (Å²) >= 11 is 0. The average molecular weight is 567 g/mol. The fraction of sp³-hybridized carbons (Fsp3) is 0.333. The Morgan fingerprint density at radius 3 is 2.17 bits per heavy atom. The summed E-state index contributed by atoms with van der Waals surface area (Å²) in [7, 11) is 3.46. The van der Waals surface area contributed by atoms with Crippen LogP contribution in [-0.4, -0.2) is 72.1 Å². The molecule has 2 N–H and O–H groups in total. The lowest BCUT2D eigenvalue weighted by Gasteiger charge is -2.32. The number of rotatable bonds is 8. The van der Waals surface area contributed by atoms with Gasteiger partial charge in [-0.25, -0.2) is 4.99 Å². The maximum Gasteiger partial charge on any atom is 0.494 e. The molecule has 1 aromatic heterocycles. The monoisotopic (exact) mass is 566 g/mol. The zero-order valence-corrected chi connectivity index (χ0v) is 25.4. The third-order valence-electron chi connectivity index (χ3n) is 8.17. The predicted molar refractivity (Wildman–Crippen MR) is 170 cm³/mol. The number of hydrogen-bond donors (Lipinski definition) is 2. The smallest absolute Gasteiger partial charge is 0.494 e. The summed E-state index contributed by atoms with van der Waals surface area (Å²) < 4.78 is 12.5. The third kappa shape index (κ3) is 5.86. The van der Waals surface area contributed by atoms with Crippen LogP contribution in [0.2, 0.25) is 0 Å². The number of aromatic nitrogens is 1. The van der Waals surface area contributed by atoms with E-state index in [2.05, 4.69) is 4.98 Å². The molecule has 1 aliphatic rings. The molecule has 0 atom stereocenters. The van der Waals surface area contributed by atoms with Gasteiger partial charge in [0.1, 0.15) is 0 Å². The van der Waals surface area contributed by atoms with Crippen molar-refractivity contribution in [2.45, 2.75) is 45.8 Å². The van der Waals surface area contributed by atoms with Crippen molar-refractivity contribution in [1.82, 2.24) is 9.88 Å². The summed E-state index contributed by atoms with van der Waals surface area (Å²) in [6.07, 6.45) is 0. The first-order chi connectivity index (χ1) is 19.9. The van der Waals surface area contributed by atoms with E-state index >= 15 is 0 Å². The van der Waals surface area contributed by atoms with Crippen molar-refractivity contribution in [3.05, 3.63) is 83.9 Å². The zero-order valence-electron chi connectivity index (χ0n) is 25.4. The molecular weight excluding hydrogens is 527 g/mol. The molecule has 1 saturated heterocycles. The number of anilines is 1. The van der Waals surface area contributed by atoms with E-state index in [1.54, 1.807) is 11.8 Å². The summed E-state index contributed by atoms with van der Waals surface area (Å²) in [6, 6.07) is 23.3. The standard InChI is InChI=1S/C33H39BN4O4/c1-22(39)38(20-19-37(6)7)26-16-14-25(15-17-26)35-30(23-11-9-8-10-12-23)29-27-18-13-24(21-28(27)36-31(29)40)34-41-32(2,3)33(4,5)42-34/h8-18,21,36,40H,19-20H2,1-7H3. The van der Waals surface area contributed by atoms with Crippen LogP contribution in [0.25, 0.3) is 10.9 Å². The Balaban J connectivity index is 1.53.